The molecule has 0 spiro atoms. The van der Waals surface area contributed by atoms with E-state index < -0.39 is 0 Å². The molecule has 1 atom stereocenters. The number of hydrogen-bond acceptors (Lipinski definition) is 1. The molecule has 4 saturated carbocycles. The molecule has 0 radical (unpaired) electrons. The van der Waals surface area contributed by atoms with Crippen molar-refractivity contribution in [2.24, 2.45) is 28.6 Å². The van der Waals surface area contributed by atoms with Crippen LogP contribution in [0.2, 0.25) is 0 Å². The van der Waals surface area contributed by atoms with Gasteiger partial charge in [0.1, 0.15) is 0 Å². The predicted molar refractivity (Wildman–Crippen MR) is 77.5 cm³/mol. The molecule has 0 aromatic rings. The van der Waals surface area contributed by atoms with Gasteiger partial charge in [0.05, 0.1) is 0 Å². The average molecular weight is 249 g/mol. The smallest absolute Gasteiger partial charge is 0.00957 e. The maximum absolute atomic E-state index is 3.88. The molecule has 0 amide bonds. The summed E-state index contributed by atoms with van der Waals surface area (Å²) in [6, 6.07) is 0.727. The molecule has 4 rings (SSSR count). The van der Waals surface area contributed by atoms with E-state index in [9.17, 15) is 0 Å². The standard InChI is InChI=1S/C17H31N/c1-12(18-11-16(2,3)4)17-8-13-5-14(9-17)7-15(6-13)10-17/h12-15,18H,5-11H2,1-4H3. The van der Waals surface area contributed by atoms with E-state index in [1.165, 1.54) is 19.3 Å². The van der Waals surface area contributed by atoms with Gasteiger partial charge in [0, 0.05) is 12.6 Å². The minimum atomic E-state index is 0.413. The molecule has 4 aliphatic carbocycles. The highest BCUT2D eigenvalue weighted by molar-refractivity contribution is 5.05. The Morgan fingerprint density at radius 2 is 1.44 bits per heavy atom. The van der Waals surface area contributed by atoms with Crippen molar-refractivity contribution in [3.05, 3.63) is 0 Å². The Morgan fingerprint density at radius 3 is 1.83 bits per heavy atom. The summed E-state index contributed by atoms with van der Waals surface area (Å²) < 4.78 is 0. The van der Waals surface area contributed by atoms with Crippen molar-refractivity contribution >= 4 is 0 Å². The molecule has 18 heavy (non-hydrogen) atoms. The van der Waals surface area contributed by atoms with Crippen LogP contribution in [0.15, 0.2) is 0 Å². The largest absolute Gasteiger partial charge is 0.313 e. The molecule has 0 aliphatic heterocycles. The van der Waals surface area contributed by atoms with E-state index in [-0.39, 0.29) is 0 Å². The third kappa shape index (κ3) is 2.35. The van der Waals surface area contributed by atoms with Gasteiger partial charge in [-0.1, -0.05) is 20.8 Å². The third-order valence-corrected chi connectivity index (χ3v) is 5.94. The summed E-state index contributed by atoms with van der Waals surface area (Å²) >= 11 is 0. The van der Waals surface area contributed by atoms with Crippen molar-refractivity contribution in [2.45, 2.75) is 72.3 Å². The van der Waals surface area contributed by atoms with Gasteiger partial charge in [-0.05, 0) is 74.0 Å². The lowest BCUT2D eigenvalue weighted by Crippen LogP contribution is -2.55. The van der Waals surface area contributed by atoms with E-state index in [2.05, 4.69) is 33.0 Å². The first-order valence-electron chi connectivity index (χ1n) is 8.10. The van der Waals surface area contributed by atoms with E-state index in [0.717, 1.165) is 30.3 Å². The third-order valence-electron chi connectivity index (χ3n) is 5.94. The van der Waals surface area contributed by atoms with Crippen LogP contribution in [0.1, 0.15) is 66.2 Å². The molecule has 1 heteroatoms. The van der Waals surface area contributed by atoms with Crippen molar-refractivity contribution in [1.29, 1.82) is 0 Å². The SMILES string of the molecule is CC(NCC(C)(C)C)C12CC3CC(CC(C3)C1)C2. The van der Waals surface area contributed by atoms with Gasteiger partial charge in [0.2, 0.25) is 0 Å². The van der Waals surface area contributed by atoms with Gasteiger partial charge in [0.15, 0.2) is 0 Å². The highest BCUT2D eigenvalue weighted by atomic mass is 14.9. The first-order valence-corrected chi connectivity index (χ1v) is 8.10. The molecular formula is C17H31N. The minimum absolute atomic E-state index is 0.413. The predicted octanol–water partition coefficient (Wildman–Crippen LogP) is 4.23. The van der Waals surface area contributed by atoms with Crippen molar-refractivity contribution in [3.8, 4) is 0 Å². The molecule has 0 aromatic heterocycles. The summed E-state index contributed by atoms with van der Waals surface area (Å²) in [7, 11) is 0. The van der Waals surface area contributed by atoms with Gasteiger partial charge in [0.25, 0.3) is 0 Å². The van der Waals surface area contributed by atoms with Gasteiger partial charge in [-0.3, -0.25) is 0 Å². The van der Waals surface area contributed by atoms with Crippen LogP contribution < -0.4 is 5.32 Å². The normalized spacial score (nSPS) is 44.3. The van der Waals surface area contributed by atoms with Gasteiger partial charge >= 0.3 is 0 Å². The highest BCUT2D eigenvalue weighted by Crippen LogP contribution is 2.61. The van der Waals surface area contributed by atoms with Crippen molar-refractivity contribution < 1.29 is 0 Å². The van der Waals surface area contributed by atoms with E-state index in [4.69, 9.17) is 0 Å². The van der Waals surface area contributed by atoms with Gasteiger partial charge in [-0.25, -0.2) is 0 Å². The van der Waals surface area contributed by atoms with Gasteiger partial charge in [-0.15, -0.1) is 0 Å². The van der Waals surface area contributed by atoms with Gasteiger partial charge in [-0.2, -0.15) is 0 Å². The number of rotatable bonds is 3. The van der Waals surface area contributed by atoms with Crippen molar-refractivity contribution in [1.82, 2.24) is 5.32 Å². The maximum Gasteiger partial charge on any atom is 0.00957 e. The Bertz CT molecular complexity index is 277. The number of nitrogens with one attached hydrogen (secondary N) is 1. The van der Waals surface area contributed by atoms with Crippen LogP contribution in [0, 0.1) is 28.6 Å². The zero-order valence-corrected chi connectivity index (χ0v) is 12.8. The van der Waals surface area contributed by atoms with Crippen LogP contribution >= 0.6 is 0 Å². The van der Waals surface area contributed by atoms with E-state index in [0.29, 0.717) is 10.8 Å². The molecule has 1 nitrogen and oxygen atoms in total. The highest BCUT2D eigenvalue weighted by Gasteiger charge is 2.52. The first kappa shape index (κ1) is 13.0. The molecule has 4 fully saturated rings. The van der Waals surface area contributed by atoms with E-state index in [1.54, 1.807) is 19.3 Å². The van der Waals surface area contributed by atoms with E-state index in [1.807, 2.05) is 0 Å². The average Bonchev–Trinajstić information content (AvgIpc) is 2.22. The summed E-state index contributed by atoms with van der Waals surface area (Å²) in [6.07, 6.45) is 9.26. The molecule has 1 N–H and O–H groups in total. The lowest BCUT2D eigenvalue weighted by Gasteiger charge is -2.59. The Labute approximate surface area is 113 Å². The summed E-state index contributed by atoms with van der Waals surface area (Å²) in [5.41, 5.74) is 1.08. The maximum atomic E-state index is 3.88. The summed E-state index contributed by atoms with van der Waals surface area (Å²) in [4.78, 5) is 0. The van der Waals surface area contributed by atoms with Crippen LogP contribution in [0.3, 0.4) is 0 Å². The quantitative estimate of drug-likeness (QED) is 0.789. The fraction of sp³-hybridized carbons (Fsp3) is 1.00. The molecule has 0 heterocycles. The summed E-state index contributed by atoms with van der Waals surface area (Å²) in [6.45, 7) is 10.7. The summed E-state index contributed by atoms with van der Waals surface area (Å²) in [5, 5.41) is 3.88. The zero-order chi connectivity index (χ0) is 13.0. The molecule has 4 aliphatic rings. The fourth-order valence-corrected chi connectivity index (χ4v) is 5.38. The van der Waals surface area contributed by atoms with Crippen molar-refractivity contribution in [3.63, 3.8) is 0 Å². The summed E-state index contributed by atoms with van der Waals surface area (Å²) in [5.74, 6) is 3.24. The Hall–Kier alpha value is -0.0400. The lowest BCUT2D eigenvalue weighted by atomic mass is 9.48. The van der Waals surface area contributed by atoms with Gasteiger partial charge < -0.3 is 5.32 Å². The first-order chi connectivity index (χ1) is 8.36. The van der Waals surface area contributed by atoms with Crippen molar-refractivity contribution in [2.75, 3.05) is 6.54 Å². The van der Waals surface area contributed by atoms with Crippen LogP contribution in [0.4, 0.5) is 0 Å². The molecule has 104 valence electrons. The molecule has 4 bridgehead atoms. The van der Waals surface area contributed by atoms with Crippen LogP contribution in [-0.4, -0.2) is 12.6 Å². The zero-order valence-electron chi connectivity index (χ0n) is 12.8. The fourth-order valence-electron chi connectivity index (χ4n) is 5.38. The second-order valence-corrected chi connectivity index (χ2v) is 8.94. The second kappa shape index (κ2) is 4.23. The number of hydrogen-bond donors (Lipinski definition) is 1. The molecular weight excluding hydrogens is 218 g/mol. The Morgan fingerprint density at radius 1 is 1.00 bits per heavy atom. The Balaban J connectivity index is 1.67. The second-order valence-electron chi connectivity index (χ2n) is 8.94. The van der Waals surface area contributed by atoms with E-state index >= 15 is 0 Å². The van der Waals surface area contributed by atoms with Crippen LogP contribution in [0.25, 0.3) is 0 Å². The molecule has 0 saturated heterocycles. The lowest BCUT2D eigenvalue weighted by molar-refractivity contribution is -0.0713. The van der Waals surface area contributed by atoms with Crippen LogP contribution in [-0.2, 0) is 0 Å². The minimum Gasteiger partial charge on any atom is -0.313 e. The van der Waals surface area contributed by atoms with Crippen LogP contribution in [0.5, 0.6) is 0 Å². The Kier molecular flexibility index (Phi) is 3.05. The monoisotopic (exact) mass is 249 g/mol. The molecule has 0 aromatic carbocycles. The topological polar surface area (TPSA) is 12.0 Å². The molecule has 1 unspecified atom stereocenters.